The van der Waals surface area contributed by atoms with Crippen molar-refractivity contribution in [2.45, 2.75) is 19.4 Å². The number of benzene rings is 1. The van der Waals surface area contributed by atoms with Gasteiger partial charge in [0.1, 0.15) is 0 Å². The number of fused-ring (bicyclic) bond motifs is 1. The maximum absolute atomic E-state index is 5.96. The van der Waals surface area contributed by atoms with Crippen molar-refractivity contribution in [1.82, 2.24) is 9.55 Å². The molecule has 0 aliphatic heterocycles. The van der Waals surface area contributed by atoms with Crippen molar-refractivity contribution >= 4 is 46.6 Å². The maximum Gasteiger partial charge on any atom is 0.178 e. The summed E-state index contributed by atoms with van der Waals surface area (Å²) in [5.74, 6) is 1.21. The molecule has 17 heavy (non-hydrogen) atoms. The summed E-state index contributed by atoms with van der Waals surface area (Å²) < 4.78 is 2.94. The van der Waals surface area contributed by atoms with E-state index < -0.39 is 0 Å². The summed E-state index contributed by atoms with van der Waals surface area (Å²) in [7, 11) is 0. The van der Waals surface area contributed by atoms with Gasteiger partial charge in [0.05, 0.1) is 11.0 Å². The molecule has 0 unspecified atom stereocenters. The Kier molecular flexibility index (Phi) is 4.54. The molecule has 92 valence electrons. The Morgan fingerprint density at radius 1 is 1.41 bits per heavy atom. The van der Waals surface area contributed by atoms with Crippen LogP contribution in [0.25, 0.3) is 11.0 Å². The average molecular weight is 287 g/mol. The van der Waals surface area contributed by atoms with Gasteiger partial charge in [-0.25, -0.2) is 0 Å². The number of aryl methyl sites for hydroxylation is 1. The summed E-state index contributed by atoms with van der Waals surface area (Å²) in [6.07, 6.45) is 4.52. The van der Waals surface area contributed by atoms with Crippen molar-refractivity contribution in [3.63, 3.8) is 0 Å². The summed E-state index contributed by atoms with van der Waals surface area (Å²) in [6, 6.07) is 5.86. The first-order valence-electron chi connectivity index (χ1n) is 5.59. The second kappa shape index (κ2) is 5.94. The fourth-order valence-electron chi connectivity index (χ4n) is 1.87. The Morgan fingerprint density at radius 2 is 2.24 bits per heavy atom. The molecule has 1 aromatic carbocycles. The molecule has 2 nitrogen and oxygen atoms in total. The maximum atomic E-state index is 5.96. The van der Waals surface area contributed by atoms with E-state index in [0.717, 1.165) is 33.8 Å². The van der Waals surface area contributed by atoms with E-state index in [1.165, 1.54) is 12.2 Å². The molecular weight excluding hydrogens is 272 g/mol. The van der Waals surface area contributed by atoms with Crippen LogP contribution in [0.1, 0.15) is 12.8 Å². The molecule has 1 aromatic heterocycles. The third-order valence-corrected chi connectivity index (χ3v) is 3.97. The van der Waals surface area contributed by atoms with E-state index in [-0.39, 0.29) is 0 Å². The Bertz CT molecular complexity index is 559. The number of thioether (sulfide) groups is 1. The molecule has 0 aliphatic carbocycles. The summed E-state index contributed by atoms with van der Waals surface area (Å²) in [5.41, 5.74) is 2.16. The second-order valence-corrected chi connectivity index (χ2v) is 5.75. The quantitative estimate of drug-likeness (QED) is 0.645. The van der Waals surface area contributed by atoms with Crippen LogP contribution in [-0.4, -0.2) is 21.6 Å². The number of rotatable bonds is 5. The van der Waals surface area contributed by atoms with E-state index in [4.69, 9.17) is 23.8 Å². The minimum absolute atomic E-state index is 0.739. The highest BCUT2D eigenvalue weighted by molar-refractivity contribution is 7.98. The molecular formula is C12H15ClN2S2. The zero-order chi connectivity index (χ0) is 12.3. The second-order valence-electron chi connectivity index (χ2n) is 3.94. The third-order valence-electron chi connectivity index (χ3n) is 2.72. The molecule has 1 heterocycles. The fourth-order valence-corrected chi connectivity index (χ4v) is 2.84. The van der Waals surface area contributed by atoms with Crippen LogP contribution in [0.2, 0.25) is 5.02 Å². The van der Waals surface area contributed by atoms with Crippen LogP contribution in [0.15, 0.2) is 18.2 Å². The predicted molar refractivity (Wildman–Crippen MR) is 79.7 cm³/mol. The van der Waals surface area contributed by atoms with Crippen molar-refractivity contribution in [3.8, 4) is 0 Å². The van der Waals surface area contributed by atoms with Gasteiger partial charge in [0.2, 0.25) is 0 Å². The summed E-state index contributed by atoms with van der Waals surface area (Å²) in [6.45, 7) is 0.973. The van der Waals surface area contributed by atoms with Gasteiger partial charge in [-0.15, -0.1) is 0 Å². The lowest BCUT2D eigenvalue weighted by Crippen LogP contribution is -1.98. The fraction of sp³-hybridized carbons (Fsp3) is 0.417. The van der Waals surface area contributed by atoms with Crippen molar-refractivity contribution in [2.75, 3.05) is 12.0 Å². The van der Waals surface area contributed by atoms with Gasteiger partial charge in [-0.05, 0) is 55.3 Å². The van der Waals surface area contributed by atoms with Gasteiger partial charge in [-0.1, -0.05) is 11.6 Å². The molecule has 0 spiro atoms. The van der Waals surface area contributed by atoms with Crippen LogP contribution >= 0.6 is 35.6 Å². The number of hydrogen-bond acceptors (Lipinski definition) is 2. The zero-order valence-electron chi connectivity index (χ0n) is 9.70. The minimum atomic E-state index is 0.739. The smallest absolute Gasteiger partial charge is 0.178 e. The van der Waals surface area contributed by atoms with Crippen LogP contribution in [0.4, 0.5) is 0 Å². The summed E-state index contributed by atoms with van der Waals surface area (Å²) >= 11 is 13.2. The number of halogens is 1. The number of aromatic nitrogens is 2. The van der Waals surface area contributed by atoms with E-state index in [1.807, 2.05) is 30.0 Å². The van der Waals surface area contributed by atoms with Gasteiger partial charge in [0.25, 0.3) is 0 Å². The number of imidazole rings is 1. The van der Waals surface area contributed by atoms with Gasteiger partial charge in [0.15, 0.2) is 4.77 Å². The summed E-state index contributed by atoms with van der Waals surface area (Å²) in [5, 5.41) is 0.739. The van der Waals surface area contributed by atoms with Gasteiger partial charge < -0.3 is 9.55 Å². The largest absolute Gasteiger partial charge is 0.331 e. The van der Waals surface area contributed by atoms with Crippen LogP contribution in [-0.2, 0) is 6.54 Å². The molecule has 1 N–H and O–H groups in total. The van der Waals surface area contributed by atoms with Crippen LogP contribution < -0.4 is 0 Å². The highest BCUT2D eigenvalue weighted by atomic mass is 35.5. The lowest BCUT2D eigenvalue weighted by molar-refractivity contribution is 0.643. The molecule has 0 aliphatic rings. The highest BCUT2D eigenvalue weighted by Crippen LogP contribution is 2.19. The number of hydrogen-bond donors (Lipinski definition) is 1. The Balaban J connectivity index is 2.21. The van der Waals surface area contributed by atoms with Crippen LogP contribution in [0, 0.1) is 4.77 Å². The molecule has 2 rings (SSSR count). The first kappa shape index (κ1) is 13.0. The molecule has 5 heteroatoms. The molecule has 2 aromatic rings. The van der Waals surface area contributed by atoms with E-state index in [2.05, 4.69) is 15.8 Å². The monoisotopic (exact) mass is 286 g/mol. The molecule has 0 amide bonds. The lowest BCUT2D eigenvalue weighted by atomic mass is 10.3. The molecule has 0 atom stereocenters. The van der Waals surface area contributed by atoms with E-state index in [9.17, 15) is 0 Å². The molecule has 0 saturated carbocycles. The molecule has 0 bridgehead atoms. The van der Waals surface area contributed by atoms with Crippen molar-refractivity contribution in [3.05, 3.63) is 28.0 Å². The standard InChI is InChI=1S/C12H15ClN2S2/c1-17-7-3-2-6-15-11-5-4-9(13)8-10(11)14-12(15)16/h4-5,8H,2-3,6-7H2,1H3,(H,14,16). The van der Waals surface area contributed by atoms with E-state index >= 15 is 0 Å². The normalized spacial score (nSPS) is 11.2. The highest BCUT2D eigenvalue weighted by Gasteiger charge is 2.04. The summed E-state index contributed by atoms with van der Waals surface area (Å²) in [4.78, 5) is 3.20. The SMILES string of the molecule is CSCCCCn1c(=S)[nH]c2cc(Cl)ccc21. The number of unbranched alkanes of at least 4 members (excludes halogenated alkanes) is 1. The zero-order valence-corrected chi connectivity index (χ0v) is 12.1. The van der Waals surface area contributed by atoms with Gasteiger partial charge in [0, 0.05) is 11.6 Å². The number of nitrogens with one attached hydrogen (secondary N) is 1. The van der Waals surface area contributed by atoms with Gasteiger partial charge >= 0.3 is 0 Å². The third kappa shape index (κ3) is 3.06. The topological polar surface area (TPSA) is 20.7 Å². The Morgan fingerprint density at radius 3 is 3.00 bits per heavy atom. The van der Waals surface area contributed by atoms with Crippen LogP contribution in [0.5, 0.6) is 0 Å². The lowest BCUT2D eigenvalue weighted by Gasteiger charge is -2.03. The Labute approximate surface area is 115 Å². The van der Waals surface area contributed by atoms with E-state index in [1.54, 1.807) is 0 Å². The average Bonchev–Trinajstić information content (AvgIpc) is 2.60. The van der Waals surface area contributed by atoms with Crippen molar-refractivity contribution in [2.24, 2.45) is 0 Å². The number of H-pyrrole nitrogens is 1. The molecule has 0 radical (unpaired) electrons. The van der Waals surface area contributed by atoms with Crippen LogP contribution in [0.3, 0.4) is 0 Å². The minimum Gasteiger partial charge on any atom is -0.331 e. The first-order valence-corrected chi connectivity index (χ1v) is 7.77. The molecule has 0 fully saturated rings. The predicted octanol–water partition coefficient (Wildman–Crippen LogP) is 4.50. The van der Waals surface area contributed by atoms with Gasteiger partial charge in [-0.3, -0.25) is 0 Å². The number of nitrogens with zero attached hydrogens (tertiary/aromatic N) is 1. The van der Waals surface area contributed by atoms with Gasteiger partial charge in [-0.2, -0.15) is 11.8 Å². The molecule has 0 saturated heterocycles. The first-order chi connectivity index (χ1) is 8.22. The Hall–Kier alpha value is -0.450. The van der Waals surface area contributed by atoms with Crippen molar-refractivity contribution < 1.29 is 0 Å². The number of aromatic amines is 1. The van der Waals surface area contributed by atoms with Crippen molar-refractivity contribution in [1.29, 1.82) is 0 Å². The van der Waals surface area contributed by atoms with E-state index in [0.29, 0.717) is 0 Å².